The lowest BCUT2D eigenvalue weighted by Gasteiger charge is -2.28. The van der Waals surface area contributed by atoms with Gasteiger partial charge in [-0.25, -0.2) is 12.8 Å². The van der Waals surface area contributed by atoms with Crippen molar-refractivity contribution in [2.45, 2.75) is 11.8 Å². The van der Waals surface area contributed by atoms with Gasteiger partial charge < -0.3 is 10.2 Å². The second-order valence-electron chi connectivity index (χ2n) is 6.10. The molecule has 6 nitrogen and oxygen atoms in total. The van der Waals surface area contributed by atoms with E-state index < -0.39 is 15.8 Å². The fourth-order valence-corrected chi connectivity index (χ4v) is 4.22. The van der Waals surface area contributed by atoms with Crippen molar-refractivity contribution in [1.29, 1.82) is 0 Å². The summed E-state index contributed by atoms with van der Waals surface area (Å²) in [4.78, 5) is 14.4. The molecule has 138 valence electrons. The Labute approximate surface area is 152 Å². The zero-order chi connectivity index (χ0) is 18.7. The van der Waals surface area contributed by atoms with Crippen LogP contribution in [0.2, 0.25) is 0 Å². The summed E-state index contributed by atoms with van der Waals surface area (Å²) in [6.45, 7) is 4.06. The fraction of sp³-hybridized carbons (Fsp3) is 0.278. The highest BCUT2D eigenvalue weighted by Crippen LogP contribution is 2.23. The summed E-state index contributed by atoms with van der Waals surface area (Å²) in [5, 5.41) is 3.17. The third-order valence-electron chi connectivity index (χ3n) is 4.23. The molecule has 0 aliphatic carbocycles. The highest BCUT2D eigenvalue weighted by Gasteiger charge is 2.24. The first-order valence-corrected chi connectivity index (χ1v) is 9.75. The zero-order valence-electron chi connectivity index (χ0n) is 14.3. The minimum absolute atomic E-state index is 0.0247. The number of carbonyl (C=O) groups is 1. The second-order valence-corrected chi connectivity index (χ2v) is 7.75. The summed E-state index contributed by atoms with van der Waals surface area (Å²) < 4.78 is 41.2. The van der Waals surface area contributed by atoms with Crippen LogP contribution in [-0.2, 0) is 10.0 Å². The topological polar surface area (TPSA) is 78.5 Å². The van der Waals surface area contributed by atoms with Gasteiger partial charge in [0.15, 0.2) is 0 Å². The predicted molar refractivity (Wildman–Crippen MR) is 97.2 cm³/mol. The van der Waals surface area contributed by atoms with E-state index in [1.807, 2.05) is 0 Å². The summed E-state index contributed by atoms with van der Waals surface area (Å²) in [7, 11) is -3.95. The first-order valence-electron chi connectivity index (χ1n) is 8.26. The number of halogens is 1. The highest BCUT2D eigenvalue weighted by atomic mass is 32.2. The van der Waals surface area contributed by atoms with Crippen molar-refractivity contribution in [3.8, 4) is 0 Å². The van der Waals surface area contributed by atoms with Gasteiger partial charge >= 0.3 is 0 Å². The third-order valence-corrected chi connectivity index (χ3v) is 5.76. The normalized spacial score (nSPS) is 14.9. The fourth-order valence-electron chi connectivity index (χ4n) is 2.91. The second kappa shape index (κ2) is 7.43. The molecule has 0 radical (unpaired) electrons. The molecule has 1 amide bonds. The summed E-state index contributed by atoms with van der Waals surface area (Å²) in [6, 6.07) is 9.96. The number of benzene rings is 2. The Balaban J connectivity index is 1.91. The molecule has 2 aromatic rings. The maximum Gasteiger partial charge on any atom is 0.262 e. The monoisotopic (exact) mass is 377 g/mol. The number of carbonyl (C=O) groups excluding carboxylic acids is 1. The third kappa shape index (κ3) is 3.86. The Hall–Kier alpha value is -2.45. The van der Waals surface area contributed by atoms with Crippen molar-refractivity contribution in [3.05, 3.63) is 59.4 Å². The van der Waals surface area contributed by atoms with Gasteiger partial charge in [-0.1, -0.05) is 12.1 Å². The molecule has 3 rings (SSSR count). The maximum atomic E-state index is 13.3. The van der Waals surface area contributed by atoms with Gasteiger partial charge in [-0.3, -0.25) is 9.52 Å². The van der Waals surface area contributed by atoms with E-state index in [0.717, 1.165) is 12.1 Å². The van der Waals surface area contributed by atoms with E-state index >= 15 is 0 Å². The van der Waals surface area contributed by atoms with E-state index in [2.05, 4.69) is 10.0 Å². The number of hydrogen-bond donors (Lipinski definition) is 2. The zero-order valence-corrected chi connectivity index (χ0v) is 15.1. The Kier molecular flexibility index (Phi) is 5.24. The predicted octanol–water partition coefficient (Wildman–Crippen LogP) is 1.98. The molecule has 0 saturated carbocycles. The Morgan fingerprint density at radius 3 is 2.54 bits per heavy atom. The van der Waals surface area contributed by atoms with Crippen LogP contribution >= 0.6 is 0 Å². The van der Waals surface area contributed by atoms with Crippen LogP contribution in [0, 0.1) is 12.7 Å². The van der Waals surface area contributed by atoms with Crippen LogP contribution in [0.4, 0.5) is 10.1 Å². The van der Waals surface area contributed by atoms with E-state index in [1.54, 1.807) is 29.2 Å². The van der Waals surface area contributed by atoms with Crippen molar-refractivity contribution in [1.82, 2.24) is 10.2 Å². The van der Waals surface area contributed by atoms with Gasteiger partial charge in [-0.15, -0.1) is 0 Å². The number of hydrogen-bond acceptors (Lipinski definition) is 4. The van der Waals surface area contributed by atoms with Crippen LogP contribution in [0.25, 0.3) is 0 Å². The highest BCUT2D eigenvalue weighted by molar-refractivity contribution is 7.92. The molecule has 8 heteroatoms. The maximum absolute atomic E-state index is 13.3. The summed E-state index contributed by atoms with van der Waals surface area (Å²) >= 11 is 0. The number of para-hydroxylation sites is 1. The van der Waals surface area contributed by atoms with Gasteiger partial charge in [0, 0.05) is 26.2 Å². The molecule has 1 aliphatic heterocycles. The van der Waals surface area contributed by atoms with E-state index in [0.29, 0.717) is 31.7 Å². The summed E-state index contributed by atoms with van der Waals surface area (Å²) in [5.74, 6) is -0.726. The van der Waals surface area contributed by atoms with Crippen LogP contribution in [0.15, 0.2) is 47.4 Å². The smallest absolute Gasteiger partial charge is 0.262 e. The molecule has 0 atom stereocenters. The average Bonchev–Trinajstić information content (AvgIpc) is 2.61. The lowest BCUT2D eigenvalue weighted by Crippen LogP contribution is -2.46. The first kappa shape index (κ1) is 18.3. The molecule has 1 saturated heterocycles. The van der Waals surface area contributed by atoms with Gasteiger partial charge in [-0.2, -0.15) is 0 Å². The van der Waals surface area contributed by atoms with Gasteiger partial charge in [0.2, 0.25) is 0 Å². The molecule has 1 aliphatic rings. The molecular formula is C18H20FN3O3S. The standard InChI is InChI=1S/C18H20FN3O3S/c1-13-12-14(19)6-7-17(13)26(24,25)21-16-5-3-2-4-15(16)18(23)22-10-8-20-9-11-22/h2-7,12,20-21H,8-11H2,1H3. The molecule has 0 spiro atoms. The molecule has 1 fully saturated rings. The number of amides is 1. The Bertz CT molecular complexity index is 925. The number of sulfonamides is 1. The van der Waals surface area contributed by atoms with E-state index in [-0.39, 0.29) is 22.1 Å². The largest absolute Gasteiger partial charge is 0.336 e. The minimum Gasteiger partial charge on any atom is -0.336 e. The molecule has 1 heterocycles. The number of nitrogens with zero attached hydrogens (tertiary/aromatic N) is 1. The quantitative estimate of drug-likeness (QED) is 0.854. The Morgan fingerprint density at radius 2 is 1.85 bits per heavy atom. The number of anilines is 1. The van der Waals surface area contributed by atoms with Crippen LogP contribution in [-0.4, -0.2) is 45.4 Å². The number of piperazine rings is 1. The molecule has 0 unspecified atom stereocenters. The molecule has 2 N–H and O–H groups in total. The number of rotatable bonds is 4. The van der Waals surface area contributed by atoms with Crippen LogP contribution in [0.1, 0.15) is 15.9 Å². The molecule has 0 aromatic heterocycles. The van der Waals surface area contributed by atoms with Crippen LogP contribution < -0.4 is 10.0 Å². The summed E-state index contributed by atoms with van der Waals surface area (Å²) in [6.07, 6.45) is 0. The number of nitrogens with one attached hydrogen (secondary N) is 2. The van der Waals surface area contributed by atoms with Crippen molar-refractivity contribution < 1.29 is 17.6 Å². The van der Waals surface area contributed by atoms with Crippen molar-refractivity contribution in [3.63, 3.8) is 0 Å². The lowest BCUT2D eigenvalue weighted by molar-refractivity contribution is 0.0737. The first-order chi connectivity index (χ1) is 12.4. The molecule has 0 bridgehead atoms. The lowest BCUT2D eigenvalue weighted by atomic mass is 10.1. The minimum atomic E-state index is -3.95. The average molecular weight is 377 g/mol. The van der Waals surface area contributed by atoms with Crippen molar-refractivity contribution in [2.24, 2.45) is 0 Å². The molecule has 26 heavy (non-hydrogen) atoms. The van der Waals surface area contributed by atoms with E-state index in [9.17, 15) is 17.6 Å². The van der Waals surface area contributed by atoms with E-state index in [1.165, 1.54) is 13.0 Å². The van der Waals surface area contributed by atoms with Gasteiger partial charge in [0.1, 0.15) is 5.82 Å². The number of aryl methyl sites for hydroxylation is 1. The van der Waals surface area contributed by atoms with Crippen LogP contribution in [0.5, 0.6) is 0 Å². The van der Waals surface area contributed by atoms with Crippen molar-refractivity contribution in [2.75, 3.05) is 30.9 Å². The SMILES string of the molecule is Cc1cc(F)ccc1S(=O)(=O)Nc1ccccc1C(=O)N1CCNCC1. The van der Waals surface area contributed by atoms with Gasteiger partial charge in [-0.05, 0) is 42.8 Å². The molecule has 2 aromatic carbocycles. The van der Waals surface area contributed by atoms with E-state index in [4.69, 9.17) is 0 Å². The summed E-state index contributed by atoms with van der Waals surface area (Å²) in [5.41, 5.74) is 0.793. The van der Waals surface area contributed by atoms with Crippen molar-refractivity contribution >= 4 is 21.6 Å². The van der Waals surface area contributed by atoms with Gasteiger partial charge in [0.25, 0.3) is 15.9 Å². The van der Waals surface area contributed by atoms with Crippen LogP contribution in [0.3, 0.4) is 0 Å². The molecular weight excluding hydrogens is 357 g/mol. The Morgan fingerprint density at radius 1 is 1.15 bits per heavy atom. The van der Waals surface area contributed by atoms with Gasteiger partial charge in [0.05, 0.1) is 16.1 Å².